The Bertz CT molecular complexity index is 410. The fraction of sp³-hybridized carbons (Fsp3) is 0.400. The maximum atomic E-state index is 4.40. The third-order valence-electron chi connectivity index (χ3n) is 2.02. The number of aromatic nitrogens is 2. The molecule has 0 saturated heterocycles. The van der Waals surface area contributed by atoms with Crippen molar-refractivity contribution in [1.29, 1.82) is 0 Å². The summed E-state index contributed by atoms with van der Waals surface area (Å²) in [6, 6.07) is 2.02. The molecular formula is C10H13N3S. The zero-order chi connectivity index (χ0) is 9.80. The topological polar surface area (TPSA) is 37.8 Å². The molecule has 1 N–H and O–H groups in total. The largest absolute Gasteiger partial charge is 0.354 e. The predicted octanol–water partition coefficient (Wildman–Crippen LogP) is 2.90. The lowest BCUT2D eigenvalue weighted by molar-refractivity contribution is 0.827. The molecule has 0 unspecified atom stereocenters. The molecule has 0 saturated carbocycles. The third kappa shape index (κ3) is 2.01. The Morgan fingerprint density at radius 2 is 2.43 bits per heavy atom. The maximum absolute atomic E-state index is 4.40. The SMILES string of the molecule is CCCCNc1ncc2sccc2n1. The maximum Gasteiger partial charge on any atom is 0.223 e. The van der Waals surface area contributed by atoms with Gasteiger partial charge in [0, 0.05) is 6.54 Å². The molecule has 0 aliphatic rings. The van der Waals surface area contributed by atoms with Crippen LogP contribution in [0.2, 0.25) is 0 Å². The van der Waals surface area contributed by atoms with Crippen molar-refractivity contribution < 1.29 is 0 Å². The van der Waals surface area contributed by atoms with Gasteiger partial charge in [-0.15, -0.1) is 11.3 Å². The third-order valence-corrected chi connectivity index (χ3v) is 2.86. The van der Waals surface area contributed by atoms with Gasteiger partial charge in [0.05, 0.1) is 16.4 Å². The van der Waals surface area contributed by atoms with Gasteiger partial charge in [0.1, 0.15) is 0 Å². The van der Waals surface area contributed by atoms with Gasteiger partial charge in [0.15, 0.2) is 0 Å². The van der Waals surface area contributed by atoms with Crippen molar-refractivity contribution in [2.75, 3.05) is 11.9 Å². The second-order valence-electron chi connectivity index (χ2n) is 3.14. The highest BCUT2D eigenvalue weighted by Crippen LogP contribution is 2.18. The minimum atomic E-state index is 0.740. The van der Waals surface area contributed by atoms with Crippen molar-refractivity contribution >= 4 is 27.5 Å². The lowest BCUT2D eigenvalue weighted by Crippen LogP contribution is -2.04. The van der Waals surface area contributed by atoms with E-state index >= 15 is 0 Å². The summed E-state index contributed by atoms with van der Waals surface area (Å²) >= 11 is 1.67. The van der Waals surface area contributed by atoms with Crippen molar-refractivity contribution in [2.24, 2.45) is 0 Å². The van der Waals surface area contributed by atoms with Gasteiger partial charge in [0.25, 0.3) is 0 Å². The number of nitrogens with one attached hydrogen (secondary N) is 1. The van der Waals surface area contributed by atoms with Crippen LogP contribution in [0.15, 0.2) is 17.6 Å². The Hall–Kier alpha value is -1.16. The molecule has 4 heteroatoms. The summed E-state index contributed by atoms with van der Waals surface area (Å²) in [5.41, 5.74) is 1.03. The molecule has 0 aliphatic heterocycles. The highest BCUT2D eigenvalue weighted by molar-refractivity contribution is 7.17. The first-order valence-corrected chi connectivity index (χ1v) is 5.72. The molecule has 3 nitrogen and oxygen atoms in total. The second-order valence-corrected chi connectivity index (χ2v) is 4.09. The summed E-state index contributed by atoms with van der Waals surface area (Å²) in [7, 11) is 0. The summed E-state index contributed by atoms with van der Waals surface area (Å²) in [4.78, 5) is 8.63. The van der Waals surface area contributed by atoms with Crippen molar-refractivity contribution in [2.45, 2.75) is 19.8 Å². The first-order valence-electron chi connectivity index (χ1n) is 4.84. The van der Waals surface area contributed by atoms with E-state index in [-0.39, 0.29) is 0 Å². The fourth-order valence-electron chi connectivity index (χ4n) is 1.23. The first kappa shape index (κ1) is 9.40. The molecular weight excluding hydrogens is 194 g/mol. The van der Waals surface area contributed by atoms with E-state index in [1.54, 1.807) is 11.3 Å². The zero-order valence-corrected chi connectivity index (χ0v) is 8.97. The summed E-state index contributed by atoms with van der Waals surface area (Å²) in [5, 5.41) is 5.25. The highest BCUT2D eigenvalue weighted by Gasteiger charge is 1.99. The monoisotopic (exact) mass is 207 g/mol. The van der Waals surface area contributed by atoms with E-state index in [2.05, 4.69) is 22.2 Å². The van der Waals surface area contributed by atoms with Crippen LogP contribution in [0.3, 0.4) is 0 Å². The minimum absolute atomic E-state index is 0.740. The van der Waals surface area contributed by atoms with Crippen LogP contribution in [0, 0.1) is 0 Å². The molecule has 74 valence electrons. The standard InChI is InChI=1S/C10H13N3S/c1-2-3-5-11-10-12-7-9-8(13-10)4-6-14-9/h4,6-7H,2-3,5H2,1H3,(H,11,12,13). The Balaban J connectivity index is 2.10. The molecule has 2 aromatic heterocycles. The molecule has 14 heavy (non-hydrogen) atoms. The van der Waals surface area contributed by atoms with E-state index in [1.165, 1.54) is 6.42 Å². The van der Waals surface area contributed by atoms with Gasteiger partial charge in [-0.3, -0.25) is 0 Å². The Morgan fingerprint density at radius 3 is 3.29 bits per heavy atom. The molecule has 0 spiro atoms. The molecule has 0 amide bonds. The highest BCUT2D eigenvalue weighted by atomic mass is 32.1. The molecule has 2 aromatic rings. The van der Waals surface area contributed by atoms with Crippen LogP contribution in [0.5, 0.6) is 0 Å². The first-order chi connectivity index (χ1) is 6.90. The number of unbranched alkanes of at least 4 members (excludes halogenated alkanes) is 1. The van der Waals surface area contributed by atoms with E-state index in [0.717, 1.165) is 29.1 Å². The van der Waals surface area contributed by atoms with Crippen LogP contribution in [0.4, 0.5) is 5.95 Å². The number of rotatable bonds is 4. The number of thiophene rings is 1. The predicted molar refractivity (Wildman–Crippen MR) is 60.8 cm³/mol. The lowest BCUT2D eigenvalue weighted by Gasteiger charge is -2.02. The van der Waals surface area contributed by atoms with Crippen molar-refractivity contribution in [3.8, 4) is 0 Å². The number of nitrogens with zero attached hydrogens (tertiary/aromatic N) is 2. The van der Waals surface area contributed by atoms with Crippen molar-refractivity contribution in [3.63, 3.8) is 0 Å². The number of hydrogen-bond donors (Lipinski definition) is 1. The normalized spacial score (nSPS) is 10.6. The molecule has 0 atom stereocenters. The van der Waals surface area contributed by atoms with Crippen molar-refractivity contribution in [3.05, 3.63) is 17.6 Å². The lowest BCUT2D eigenvalue weighted by atomic mass is 10.3. The molecule has 2 rings (SSSR count). The van der Waals surface area contributed by atoms with Gasteiger partial charge in [-0.25, -0.2) is 9.97 Å². The minimum Gasteiger partial charge on any atom is -0.354 e. The summed E-state index contributed by atoms with van der Waals surface area (Å²) in [6.07, 6.45) is 4.22. The number of fused-ring (bicyclic) bond motifs is 1. The van der Waals surface area contributed by atoms with Gasteiger partial charge in [-0.2, -0.15) is 0 Å². The van der Waals surface area contributed by atoms with Crippen LogP contribution < -0.4 is 5.32 Å². The molecule has 0 radical (unpaired) electrons. The van der Waals surface area contributed by atoms with E-state index in [4.69, 9.17) is 0 Å². The van der Waals surface area contributed by atoms with Gasteiger partial charge in [-0.05, 0) is 17.9 Å². The molecule has 0 bridgehead atoms. The Kier molecular flexibility index (Phi) is 2.93. The number of hydrogen-bond acceptors (Lipinski definition) is 4. The summed E-state index contributed by atoms with van der Waals surface area (Å²) < 4.78 is 1.14. The Morgan fingerprint density at radius 1 is 1.50 bits per heavy atom. The van der Waals surface area contributed by atoms with Crippen molar-refractivity contribution in [1.82, 2.24) is 9.97 Å². The van der Waals surface area contributed by atoms with Crippen LogP contribution in [-0.2, 0) is 0 Å². The van der Waals surface area contributed by atoms with Crippen LogP contribution in [0.1, 0.15) is 19.8 Å². The summed E-state index contributed by atoms with van der Waals surface area (Å²) in [5.74, 6) is 0.740. The average molecular weight is 207 g/mol. The van der Waals surface area contributed by atoms with Crippen LogP contribution in [-0.4, -0.2) is 16.5 Å². The molecule has 0 aromatic carbocycles. The molecule has 0 aliphatic carbocycles. The van der Waals surface area contributed by atoms with E-state index in [1.807, 2.05) is 17.6 Å². The van der Waals surface area contributed by atoms with Gasteiger partial charge in [0.2, 0.25) is 5.95 Å². The Labute approximate surface area is 87.2 Å². The second kappa shape index (κ2) is 4.37. The van der Waals surface area contributed by atoms with Gasteiger partial charge < -0.3 is 5.32 Å². The van der Waals surface area contributed by atoms with Crippen LogP contribution in [0.25, 0.3) is 10.2 Å². The van der Waals surface area contributed by atoms with E-state index in [9.17, 15) is 0 Å². The smallest absolute Gasteiger partial charge is 0.223 e. The van der Waals surface area contributed by atoms with E-state index < -0.39 is 0 Å². The van der Waals surface area contributed by atoms with Crippen LogP contribution >= 0.6 is 11.3 Å². The molecule has 0 fully saturated rings. The van der Waals surface area contributed by atoms with Gasteiger partial charge >= 0.3 is 0 Å². The zero-order valence-electron chi connectivity index (χ0n) is 8.16. The quantitative estimate of drug-likeness (QED) is 0.783. The molecule has 2 heterocycles. The fourth-order valence-corrected chi connectivity index (χ4v) is 1.92. The average Bonchev–Trinajstić information content (AvgIpc) is 2.65. The number of anilines is 1. The van der Waals surface area contributed by atoms with E-state index in [0.29, 0.717) is 0 Å². The summed E-state index contributed by atoms with van der Waals surface area (Å²) in [6.45, 7) is 3.12. The van der Waals surface area contributed by atoms with Gasteiger partial charge in [-0.1, -0.05) is 13.3 Å².